The summed E-state index contributed by atoms with van der Waals surface area (Å²) in [7, 11) is 1.72. The second-order valence-electron chi connectivity index (χ2n) is 4.50. The molecule has 0 aliphatic heterocycles. The number of hydrogen-bond donors (Lipinski definition) is 1. The molecule has 0 spiro atoms. The van der Waals surface area contributed by atoms with E-state index in [9.17, 15) is 0 Å². The van der Waals surface area contributed by atoms with Crippen LogP contribution in [0.1, 0.15) is 56.8 Å². The molecule has 0 bridgehead atoms. The van der Waals surface area contributed by atoms with Gasteiger partial charge in [0.2, 0.25) is 11.7 Å². The third kappa shape index (κ3) is 1.97. The van der Waals surface area contributed by atoms with E-state index in [4.69, 9.17) is 15.0 Å². The molecule has 1 aromatic heterocycles. The Morgan fingerprint density at radius 1 is 1.38 bits per heavy atom. The minimum Gasteiger partial charge on any atom is -0.370 e. The summed E-state index contributed by atoms with van der Waals surface area (Å²) in [6.07, 6.45) is 5.47. The van der Waals surface area contributed by atoms with E-state index in [0.717, 1.165) is 25.7 Å². The van der Waals surface area contributed by atoms with E-state index in [1.807, 2.05) is 6.92 Å². The zero-order valence-electron chi connectivity index (χ0n) is 9.90. The van der Waals surface area contributed by atoms with Gasteiger partial charge in [0, 0.05) is 7.11 Å². The van der Waals surface area contributed by atoms with Crippen molar-refractivity contribution in [2.75, 3.05) is 7.11 Å². The van der Waals surface area contributed by atoms with Crippen molar-refractivity contribution in [2.24, 2.45) is 5.73 Å². The van der Waals surface area contributed by atoms with Crippen LogP contribution in [0.25, 0.3) is 0 Å². The van der Waals surface area contributed by atoms with Gasteiger partial charge in [0.05, 0.1) is 6.04 Å². The molecule has 5 heteroatoms. The predicted molar refractivity (Wildman–Crippen MR) is 58.7 cm³/mol. The zero-order chi connectivity index (χ0) is 11.6. The van der Waals surface area contributed by atoms with Gasteiger partial charge in [-0.15, -0.1) is 0 Å². The van der Waals surface area contributed by atoms with Gasteiger partial charge in [-0.05, 0) is 19.8 Å². The van der Waals surface area contributed by atoms with E-state index in [-0.39, 0.29) is 11.6 Å². The van der Waals surface area contributed by atoms with Crippen molar-refractivity contribution in [3.63, 3.8) is 0 Å². The molecule has 16 heavy (non-hydrogen) atoms. The molecular weight excluding hydrogens is 206 g/mol. The summed E-state index contributed by atoms with van der Waals surface area (Å²) >= 11 is 0. The van der Waals surface area contributed by atoms with E-state index in [1.54, 1.807) is 7.11 Å². The van der Waals surface area contributed by atoms with Crippen LogP contribution in [-0.4, -0.2) is 17.3 Å². The first-order valence-electron chi connectivity index (χ1n) is 5.83. The van der Waals surface area contributed by atoms with E-state index < -0.39 is 0 Å². The fraction of sp³-hybridized carbons (Fsp3) is 0.818. The van der Waals surface area contributed by atoms with Crippen molar-refractivity contribution in [1.29, 1.82) is 0 Å². The van der Waals surface area contributed by atoms with Crippen LogP contribution in [0.2, 0.25) is 0 Å². The normalized spacial score (nSPS) is 21.9. The SMILES string of the molecule is COC1(c2noc([C@@H](C)N)n2)CCCCC1. The topological polar surface area (TPSA) is 74.2 Å². The number of hydrogen-bond acceptors (Lipinski definition) is 5. The average Bonchev–Trinajstić information content (AvgIpc) is 2.80. The molecule has 0 unspecified atom stereocenters. The number of nitrogens with zero attached hydrogens (tertiary/aromatic N) is 2. The number of aromatic nitrogens is 2. The molecule has 1 aliphatic rings. The van der Waals surface area contributed by atoms with E-state index >= 15 is 0 Å². The number of rotatable bonds is 3. The van der Waals surface area contributed by atoms with Crippen molar-refractivity contribution in [3.8, 4) is 0 Å². The summed E-state index contributed by atoms with van der Waals surface area (Å²) in [4.78, 5) is 4.35. The second-order valence-corrected chi connectivity index (χ2v) is 4.50. The highest BCUT2D eigenvalue weighted by molar-refractivity contribution is 5.04. The van der Waals surface area contributed by atoms with Gasteiger partial charge < -0.3 is 15.0 Å². The first-order chi connectivity index (χ1) is 7.68. The minimum absolute atomic E-state index is 0.223. The monoisotopic (exact) mass is 225 g/mol. The van der Waals surface area contributed by atoms with E-state index in [0.29, 0.717) is 11.7 Å². The van der Waals surface area contributed by atoms with Gasteiger partial charge >= 0.3 is 0 Å². The molecule has 0 amide bonds. The van der Waals surface area contributed by atoms with Crippen molar-refractivity contribution < 1.29 is 9.26 Å². The molecule has 1 aromatic rings. The van der Waals surface area contributed by atoms with Gasteiger partial charge in [-0.3, -0.25) is 0 Å². The first-order valence-corrected chi connectivity index (χ1v) is 5.83. The van der Waals surface area contributed by atoms with E-state index in [1.165, 1.54) is 6.42 Å². The summed E-state index contributed by atoms with van der Waals surface area (Å²) in [6, 6.07) is -0.223. The Hall–Kier alpha value is -0.940. The Morgan fingerprint density at radius 3 is 2.56 bits per heavy atom. The molecule has 1 atom stereocenters. The lowest BCUT2D eigenvalue weighted by Gasteiger charge is -2.32. The summed E-state index contributed by atoms with van der Waals surface area (Å²) < 4.78 is 10.8. The Balaban J connectivity index is 2.25. The average molecular weight is 225 g/mol. The van der Waals surface area contributed by atoms with Crippen LogP contribution in [0.4, 0.5) is 0 Å². The van der Waals surface area contributed by atoms with Gasteiger partial charge in [0.25, 0.3) is 0 Å². The zero-order valence-corrected chi connectivity index (χ0v) is 9.90. The molecule has 0 radical (unpaired) electrons. The standard InChI is InChI=1S/C11H19N3O2/c1-8(12)9-13-10(14-16-9)11(15-2)6-4-3-5-7-11/h8H,3-7,12H2,1-2H3/t8-/m1/s1. The van der Waals surface area contributed by atoms with Crippen molar-refractivity contribution >= 4 is 0 Å². The molecule has 90 valence electrons. The van der Waals surface area contributed by atoms with Crippen molar-refractivity contribution in [3.05, 3.63) is 11.7 Å². The van der Waals surface area contributed by atoms with Gasteiger partial charge in [0.1, 0.15) is 5.60 Å². The Kier molecular flexibility index (Phi) is 3.25. The maximum atomic E-state index is 5.70. The van der Waals surface area contributed by atoms with Crippen LogP contribution in [0.15, 0.2) is 4.52 Å². The molecule has 0 aromatic carbocycles. The predicted octanol–water partition coefficient (Wildman–Crippen LogP) is 1.90. The lowest BCUT2D eigenvalue weighted by Crippen LogP contribution is -2.32. The van der Waals surface area contributed by atoms with Gasteiger partial charge in [0.15, 0.2) is 0 Å². The van der Waals surface area contributed by atoms with Crippen LogP contribution in [-0.2, 0) is 10.3 Å². The molecule has 0 saturated heterocycles. The maximum absolute atomic E-state index is 5.70. The first kappa shape index (κ1) is 11.5. The second kappa shape index (κ2) is 4.51. The quantitative estimate of drug-likeness (QED) is 0.850. The van der Waals surface area contributed by atoms with Gasteiger partial charge in [-0.1, -0.05) is 24.4 Å². The molecular formula is C11H19N3O2. The summed E-state index contributed by atoms with van der Waals surface area (Å²) in [5, 5.41) is 4.01. The van der Waals surface area contributed by atoms with Crippen molar-refractivity contribution in [2.45, 2.75) is 50.7 Å². The smallest absolute Gasteiger partial charge is 0.243 e. The van der Waals surface area contributed by atoms with Gasteiger partial charge in [-0.25, -0.2) is 0 Å². The van der Waals surface area contributed by atoms with Crippen LogP contribution in [0.3, 0.4) is 0 Å². The third-order valence-corrected chi connectivity index (χ3v) is 3.29. The Bertz CT molecular complexity index is 343. The van der Waals surface area contributed by atoms with Crippen LogP contribution in [0, 0.1) is 0 Å². The summed E-state index contributed by atoms with van der Waals surface area (Å²) in [6.45, 7) is 1.83. The lowest BCUT2D eigenvalue weighted by molar-refractivity contribution is -0.0527. The fourth-order valence-corrected chi connectivity index (χ4v) is 2.25. The Labute approximate surface area is 95.3 Å². The fourth-order valence-electron chi connectivity index (χ4n) is 2.25. The van der Waals surface area contributed by atoms with Crippen LogP contribution < -0.4 is 5.73 Å². The molecule has 1 aliphatic carbocycles. The van der Waals surface area contributed by atoms with Crippen LogP contribution in [0.5, 0.6) is 0 Å². The highest BCUT2D eigenvalue weighted by Gasteiger charge is 2.38. The lowest BCUT2D eigenvalue weighted by atomic mass is 9.84. The van der Waals surface area contributed by atoms with Gasteiger partial charge in [-0.2, -0.15) is 4.98 Å². The maximum Gasteiger partial charge on any atom is 0.243 e. The summed E-state index contributed by atoms with van der Waals surface area (Å²) in [5.41, 5.74) is 5.35. The highest BCUT2D eigenvalue weighted by atomic mass is 16.5. The number of methoxy groups -OCH3 is 1. The minimum atomic E-state index is -0.352. The van der Waals surface area contributed by atoms with Crippen LogP contribution >= 0.6 is 0 Å². The molecule has 2 N–H and O–H groups in total. The molecule has 1 saturated carbocycles. The van der Waals surface area contributed by atoms with E-state index in [2.05, 4.69) is 10.1 Å². The van der Waals surface area contributed by atoms with Crippen molar-refractivity contribution in [1.82, 2.24) is 10.1 Å². The summed E-state index contributed by atoms with van der Waals surface area (Å²) in [5.74, 6) is 1.14. The number of nitrogens with two attached hydrogens (primary N) is 1. The molecule has 1 heterocycles. The third-order valence-electron chi connectivity index (χ3n) is 3.29. The number of ether oxygens (including phenoxy) is 1. The highest BCUT2D eigenvalue weighted by Crippen LogP contribution is 2.38. The largest absolute Gasteiger partial charge is 0.370 e. The molecule has 1 fully saturated rings. The molecule has 2 rings (SSSR count). The molecule has 5 nitrogen and oxygen atoms in total. The Morgan fingerprint density at radius 2 is 2.06 bits per heavy atom.